The summed E-state index contributed by atoms with van der Waals surface area (Å²) in [7, 11) is 1.56. The van der Waals surface area contributed by atoms with Crippen LogP contribution in [0, 0.1) is 5.92 Å². The lowest BCUT2D eigenvalue weighted by molar-refractivity contribution is -0.149. The lowest BCUT2D eigenvalue weighted by Crippen LogP contribution is -2.55. The normalized spacial score (nSPS) is 18.6. The molecule has 2 heterocycles. The molecule has 0 radical (unpaired) electrons. The Hall–Kier alpha value is -3.82. The summed E-state index contributed by atoms with van der Waals surface area (Å²) in [6.07, 6.45) is 5.39. The molecule has 0 bridgehead atoms. The number of nitrogens with zero attached hydrogens (tertiary/aromatic N) is 2. The van der Waals surface area contributed by atoms with Gasteiger partial charge in [-0.15, -0.1) is 6.58 Å². The maximum Gasteiger partial charge on any atom is 0.408 e. The number of rotatable bonds is 12. The molecule has 4 atom stereocenters. The van der Waals surface area contributed by atoms with Crippen molar-refractivity contribution < 1.29 is 33.7 Å². The van der Waals surface area contributed by atoms with Crippen molar-refractivity contribution in [2.24, 2.45) is 5.92 Å². The first-order chi connectivity index (χ1) is 18.9. The molecule has 3 rings (SSSR count). The van der Waals surface area contributed by atoms with E-state index in [9.17, 15) is 19.5 Å². The van der Waals surface area contributed by atoms with Crippen molar-refractivity contribution in [2.45, 2.75) is 83.6 Å². The topological polar surface area (TPSA) is 127 Å². The van der Waals surface area contributed by atoms with E-state index in [2.05, 4.69) is 16.9 Å². The highest BCUT2D eigenvalue weighted by Gasteiger charge is 2.44. The van der Waals surface area contributed by atoms with Gasteiger partial charge in [-0.3, -0.25) is 4.79 Å². The maximum atomic E-state index is 13.9. The second-order valence-electron chi connectivity index (χ2n) is 11.2. The van der Waals surface area contributed by atoms with Crippen LogP contribution < -0.4 is 14.8 Å². The van der Waals surface area contributed by atoms with Crippen molar-refractivity contribution in [2.75, 3.05) is 13.7 Å². The minimum absolute atomic E-state index is 0.0352. The SMILES string of the molecule is C=CCCCCC(C)C(NC(=O)OC(C)(C)C)C(=O)N1CC(Oc2ncc(OC)c3ccccc23)CC1C(=O)O. The van der Waals surface area contributed by atoms with Crippen LogP contribution in [-0.4, -0.2) is 70.4 Å². The number of aromatic nitrogens is 1. The van der Waals surface area contributed by atoms with Gasteiger partial charge in [0.15, 0.2) is 0 Å². The summed E-state index contributed by atoms with van der Waals surface area (Å²) in [4.78, 5) is 44.5. The summed E-state index contributed by atoms with van der Waals surface area (Å²) in [5.41, 5.74) is -0.755. The predicted octanol–water partition coefficient (Wildman–Crippen LogP) is 4.95. The number of allylic oxidation sites excluding steroid dienone is 1. The third kappa shape index (κ3) is 7.86. The molecule has 1 saturated heterocycles. The van der Waals surface area contributed by atoms with Crippen LogP contribution in [0.3, 0.4) is 0 Å². The number of carbonyl (C=O) groups excluding carboxylic acids is 2. The van der Waals surface area contributed by atoms with Crippen molar-refractivity contribution in [3.05, 3.63) is 43.1 Å². The minimum Gasteiger partial charge on any atom is -0.494 e. The number of unbranched alkanes of at least 4 members (excludes halogenated alkanes) is 2. The summed E-state index contributed by atoms with van der Waals surface area (Å²) in [6, 6.07) is 5.39. The summed E-state index contributed by atoms with van der Waals surface area (Å²) in [6.45, 7) is 10.9. The molecule has 2 N–H and O–H groups in total. The highest BCUT2D eigenvalue weighted by Crippen LogP contribution is 2.33. The quantitative estimate of drug-likeness (QED) is 0.278. The van der Waals surface area contributed by atoms with Crippen molar-refractivity contribution >= 4 is 28.7 Å². The number of alkyl carbamates (subject to hydrolysis) is 1. The molecule has 40 heavy (non-hydrogen) atoms. The largest absolute Gasteiger partial charge is 0.494 e. The highest BCUT2D eigenvalue weighted by atomic mass is 16.6. The Morgan fingerprint density at radius 2 is 1.93 bits per heavy atom. The number of fused-ring (bicyclic) bond motifs is 1. The molecule has 0 aliphatic carbocycles. The molecule has 1 aliphatic heterocycles. The fraction of sp³-hybridized carbons (Fsp3) is 0.533. The summed E-state index contributed by atoms with van der Waals surface area (Å²) < 4.78 is 17.0. The zero-order chi connectivity index (χ0) is 29.4. The van der Waals surface area contributed by atoms with Crippen molar-refractivity contribution in [3.8, 4) is 11.6 Å². The molecule has 0 spiro atoms. The first kappa shape index (κ1) is 30.7. The number of hydrogen-bond donors (Lipinski definition) is 2. The van der Waals surface area contributed by atoms with Gasteiger partial charge in [0.25, 0.3) is 0 Å². The lowest BCUT2D eigenvalue weighted by atomic mass is 9.94. The van der Waals surface area contributed by atoms with Gasteiger partial charge in [-0.05, 0) is 52.0 Å². The highest BCUT2D eigenvalue weighted by molar-refractivity contribution is 5.92. The van der Waals surface area contributed by atoms with E-state index < -0.39 is 41.8 Å². The second kappa shape index (κ2) is 13.5. The van der Waals surface area contributed by atoms with Crippen LogP contribution in [0.15, 0.2) is 43.1 Å². The molecule has 10 heteroatoms. The molecule has 218 valence electrons. The molecule has 0 saturated carbocycles. The summed E-state index contributed by atoms with van der Waals surface area (Å²) in [5, 5.41) is 14.3. The molecular weight excluding hydrogens is 514 g/mol. The third-order valence-electron chi connectivity index (χ3n) is 6.88. The van der Waals surface area contributed by atoms with Crippen molar-refractivity contribution in [3.63, 3.8) is 0 Å². The number of carboxylic acid groups (broad SMARTS) is 1. The molecule has 1 fully saturated rings. The van der Waals surface area contributed by atoms with Crippen LogP contribution >= 0.6 is 0 Å². The van der Waals surface area contributed by atoms with E-state index in [0.29, 0.717) is 18.1 Å². The number of methoxy groups -OCH3 is 1. The third-order valence-corrected chi connectivity index (χ3v) is 6.88. The van der Waals surface area contributed by atoms with Crippen LogP contribution in [0.1, 0.15) is 59.8 Å². The van der Waals surface area contributed by atoms with Gasteiger partial charge in [0, 0.05) is 17.2 Å². The van der Waals surface area contributed by atoms with E-state index in [0.717, 1.165) is 30.0 Å². The Labute approximate surface area is 235 Å². The number of amides is 2. The van der Waals surface area contributed by atoms with Gasteiger partial charge in [0.05, 0.1) is 19.9 Å². The average molecular weight is 556 g/mol. The van der Waals surface area contributed by atoms with Crippen LogP contribution in [0.25, 0.3) is 10.8 Å². The van der Waals surface area contributed by atoms with Crippen molar-refractivity contribution in [1.29, 1.82) is 0 Å². The van der Waals surface area contributed by atoms with Crippen LogP contribution in [0.2, 0.25) is 0 Å². The number of hydrogen-bond acceptors (Lipinski definition) is 7. The average Bonchev–Trinajstić information content (AvgIpc) is 3.33. The van der Waals surface area contributed by atoms with E-state index in [-0.39, 0.29) is 18.9 Å². The Kier molecular flexibility index (Phi) is 10.4. The first-order valence-electron chi connectivity index (χ1n) is 13.7. The van der Waals surface area contributed by atoms with Gasteiger partial charge in [-0.25, -0.2) is 14.6 Å². The van der Waals surface area contributed by atoms with Crippen LogP contribution in [0.5, 0.6) is 11.6 Å². The van der Waals surface area contributed by atoms with Gasteiger partial charge < -0.3 is 29.5 Å². The predicted molar refractivity (Wildman–Crippen MR) is 151 cm³/mol. The van der Waals surface area contributed by atoms with E-state index in [1.165, 1.54) is 4.90 Å². The molecule has 1 aliphatic rings. The number of aliphatic carboxylic acids is 1. The molecular formula is C30H41N3O7. The van der Waals surface area contributed by atoms with Gasteiger partial charge in [-0.1, -0.05) is 37.6 Å². The van der Waals surface area contributed by atoms with Gasteiger partial charge in [-0.2, -0.15) is 0 Å². The summed E-state index contributed by atoms with van der Waals surface area (Å²) in [5.74, 6) is -0.951. The molecule has 1 aromatic carbocycles. The molecule has 2 amide bonds. The monoisotopic (exact) mass is 555 g/mol. The lowest BCUT2D eigenvalue weighted by Gasteiger charge is -2.31. The Morgan fingerprint density at radius 3 is 2.55 bits per heavy atom. The Balaban J connectivity index is 1.83. The Bertz CT molecular complexity index is 1210. The molecule has 1 aromatic heterocycles. The van der Waals surface area contributed by atoms with E-state index in [1.54, 1.807) is 34.1 Å². The van der Waals surface area contributed by atoms with Gasteiger partial charge >= 0.3 is 12.1 Å². The van der Waals surface area contributed by atoms with E-state index in [1.807, 2.05) is 37.3 Å². The number of ether oxygens (including phenoxy) is 3. The second-order valence-corrected chi connectivity index (χ2v) is 11.2. The Morgan fingerprint density at radius 1 is 1.23 bits per heavy atom. The number of pyridine rings is 1. The minimum atomic E-state index is -1.14. The van der Waals surface area contributed by atoms with Crippen LogP contribution in [0.4, 0.5) is 4.79 Å². The molecule has 2 aromatic rings. The number of nitrogens with one attached hydrogen (secondary N) is 1. The first-order valence-corrected chi connectivity index (χ1v) is 13.7. The fourth-order valence-electron chi connectivity index (χ4n) is 4.90. The number of likely N-dealkylation sites (tertiary alicyclic amines) is 1. The fourth-order valence-corrected chi connectivity index (χ4v) is 4.90. The summed E-state index contributed by atoms with van der Waals surface area (Å²) >= 11 is 0. The maximum absolute atomic E-state index is 13.9. The van der Waals surface area contributed by atoms with Gasteiger partial charge in [0.1, 0.15) is 29.5 Å². The standard InChI is InChI=1S/C30H41N3O7/c1-7-8-9-10-13-19(2)25(32-29(37)40-30(3,4)5)27(34)33-18-20(16-23(33)28(35)36)39-26-22-15-12-11-14-21(22)24(38-6)17-31-26/h7,11-12,14-15,17,19-20,23,25H,1,8-10,13,16,18H2,2-6H3,(H,32,37)(H,35,36). The van der Waals surface area contributed by atoms with Crippen LogP contribution in [-0.2, 0) is 14.3 Å². The van der Waals surface area contributed by atoms with E-state index in [4.69, 9.17) is 14.2 Å². The number of benzene rings is 1. The number of carboxylic acids is 1. The zero-order valence-electron chi connectivity index (χ0n) is 24.0. The van der Waals surface area contributed by atoms with Crippen molar-refractivity contribution in [1.82, 2.24) is 15.2 Å². The zero-order valence-corrected chi connectivity index (χ0v) is 24.0. The molecule has 4 unspecified atom stereocenters. The van der Waals surface area contributed by atoms with E-state index >= 15 is 0 Å². The molecule has 10 nitrogen and oxygen atoms in total. The number of carbonyl (C=O) groups is 3. The smallest absolute Gasteiger partial charge is 0.408 e. The van der Waals surface area contributed by atoms with Gasteiger partial charge in [0.2, 0.25) is 11.8 Å².